The van der Waals surface area contributed by atoms with Crippen molar-refractivity contribution in [3.8, 4) is 51.2 Å². The Morgan fingerprint density at radius 3 is 2.07 bits per heavy atom. The largest absolute Gasteiger partial charge is 0.494 e. The SMILES string of the molecule is CCOc1ccc(-c2oncc2-c2cc(OC)c(OC)c(OC)c2OC)cc1. The van der Waals surface area contributed by atoms with E-state index < -0.39 is 0 Å². The highest BCUT2D eigenvalue weighted by Gasteiger charge is 2.25. The van der Waals surface area contributed by atoms with Crippen molar-refractivity contribution in [3.63, 3.8) is 0 Å². The average molecular weight is 385 g/mol. The van der Waals surface area contributed by atoms with Crippen LogP contribution in [0.3, 0.4) is 0 Å². The van der Waals surface area contributed by atoms with Gasteiger partial charge in [-0.15, -0.1) is 0 Å². The third-order valence-electron chi connectivity index (χ3n) is 4.28. The number of aromatic nitrogens is 1. The van der Waals surface area contributed by atoms with Gasteiger partial charge in [0.15, 0.2) is 17.3 Å². The molecular weight excluding hydrogens is 362 g/mol. The van der Waals surface area contributed by atoms with Crippen LogP contribution in [0.2, 0.25) is 0 Å². The molecule has 148 valence electrons. The summed E-state index contributed by atoms with van der Waals surface area (Å²) in [6.45, 7) is 2.55. The van der Waals surface area contributed by atoms with Crippen molar-refractivity contribution < 1.29 is 28.2 Å². The molecule has 0 saturated carbocycles. The highest BCUT2D eigenvalue weighted by molar-refractivity contribution is 5.86. The van der Waals surface area contributed by atoms with Crippen molar-refractivity contribution in [1.82, 2.24) is 5.16 Å². The normalized spacial score (nSPS) is 10.5. The zero-order chi connectivity index (χ0) is 20.1. The van der Waals surface area contributed by atoms with Crippen LogP contribution < -0.4 is 23.7 Å². The van der Waals surface area contributed by atoms with Gasteiger partial charge in [-0.05, 0) is 37.3 Å². The molecule has 1 heterocycles. The molecular formula is C21H23NO6. The fourth-order valence-electron chi connectivity index (χ4n) is 3.04. The maximum Gasteiger partial charge on any atom is 0.207 e. The lowest BCUT2D eigenvalue weighted by Gasteiger charge is -2.18. The molecule has 0 aliphatic heterocycles. The van der Waals surface area contributed by atoms with Gasteiger partial charge in [-0.3, -0.25) is 0 Å². The Kier molecular flexibility index (Phi) is 5.93. The van der Waals surface area contributed by atoms with Crippen molar-refractivity contribution in [2.75, 3.05) is 35.0 Å². The second kappa shape index (κ2) is 8.56. The Morgan fingerprint density at radius 2 is 1.50 bits per heavy atom. The number of benzene rings is 2. The Balaban J connectivity index is 2.16. The third-order valence-corrected chi connectivity index (χ3v) is 4.28. The lowest BCUT2D eigenvalue weighted by Crippen LogP contribution is -2.00. The highest BCUT2D eigenvalue weighted by atomic mass is 16.5. The van der Waals surface area contributed by atoms with E-state index in [-0.39, 0.29) is 0 Å². The lowest BCUT2D eigenvalue weighted by molar-refractivity contribution is 0.306. The molecule has 2 aromatic carbocycles. The molecule has 0 fully saturated rings. The monoisotopic (exact) mass is 385 g/mol. The zero-order valence-electron chi connectivity index (χ0n) is 16.6. The molecule has 0 radical (unpaired) electrons. The first-order valence-electron chi connectivity index (χ1n) is 8.73. The maximum atomic E-state index is 5.63. The quantitative estimate of drug-likeness (QED) is 0.567. The van der Waals surface area contributed by atoms with Gasteiger partial charge in [0.2, 0.25) is 11.5 Å². The summed E-state index contributed by atoms with van der Waals surface area (Å²) in [6, 6.07) is 9.42. The van der Waals surface area contributed by atoms with Crippen LogP contribution in [-0.4, -0.2) is 40.2 Å². The van der Waals surface area contributed by atoms with Gasteiger partial charge in [0.1, 0.15) is 5.75 Å². The Bertz CT molecular complexity index is 933. The Labute approximate surface area is 163 Å². The van der Waals surface area contributed by atoms with Gasteiger partial charge in [0, 0.05) is 11.1 Å². The topological polar surface area (TPSA) is 72.2 Å². The number of rotatable bonds is 8. The highest BCUT2D eigenvalue weighted by Crippen LogP contribution is 2.51. The van der Waals surface area contributed by atoms with E-state index in [1.54, 1.807) is 34.6 Å². The van der Waals surface area contributed by atoms with Gasteiger partial charge in [-0.25, -0.2) is 0 Å². The zero-order valence-corrected chi connectivity index (χ0v) is 16.6. The van der Waals surface area contributed by atoms with Crippen molar-refractivity contribution in [1.29, 1.82) is 0 Å². The fraction of sp³-hybridized carbons (Fsp3) is 0.286. The molecule has 0 amide bonds. The van der Waals surface area contributed by atoms with Crippen LogP contribution in [0.25, 0.3) is 22.5 Å². The summed E-state index contributed by atoms with van der Waals surface area (Å²) in [5.41, 5.74) is 2.30. The van der Waals surface area contributed by atoms with E-state index in [9.17, 15) is 0 Å². The molecule has 28 heavy (non-hydrogen) atoms. The fourth-order valence-corrected chi connectivity index (χ4v) is 3.04. The van der Waals surface area contributed by atoms with E-state index in [1.165, 1.54) is 0 Å². The van der Waals surface area contributed by atoms with Crippen LogP contribution in [0.5, 0.6) is 28.7 Å². The molecule has 3 rings (SSSR count). The summed E-state index contributed by atoms with van der Waals surface area (Å²) in [4.78, 5) is 0. The lowest BCUT2D eigenvalue weighted by atomic mass is 10.00. The van der Waals surface area contributed by atoms with Crippen LogP contribution in [-0.2, 0) is 0 Å². The van der Waals surface area contributed by atoms with Crippen molar-refractivity contribution >= 4 is 0 Å². The van der Waals surface area contributed by atoms with Crippen LogP contribution >= 0.6 is 0 Å². The van der Waals surface area contributed by atoms with E-state index >= 15 is 0 Å². The predicted molar refractivity (Wildman–Crippen MR) is 105 cm³/mol. The second-order valence-corrected chi connectivity index (χ2v) is 5.75. The first-order valence-corrected chi connectivity index (χ1v) is 8.73. The van der Waals surface area contributed by atoms with E-state index in [0.29, 0.717) is 40.9 Å². The molecule has 0 atom stereocenters. The molecule has 7 nitrogen and oxygen atoms in total. The maximum absolute atomic E-state index is 5.63. The third kappa shape index (κ3) is 3.43. The Morgan fingerprint density at radius 1 is 0.821 bits per heavy atom. The smallest absolute Gasteiger partial charge is 0.207 e. The predicted octanol–water partition coefficient (Wildman–Crippen LogP) is 4.44. The Hall–Kier alpha value is -3.35. The first kappa shape index (κ1) is 19.4. The summed E-state index contributed by atoms with van der Waals surface area (Å²) < 4.78 is 33.1. The average Bonchev–Trinajstić information content (AvgIpc) is 3.22. The minimum absolute atomic E-state index is 0.429. The van der Waals surface area contributed by atoms with E-state index in [4.69, 9.17) is 28.2 Å². The molecule has 0 spiro atoms. The molecule has 3 aromatic rings. The van der Waals surface area contributed by atoms with Crippen molar-refractivity contribution in [3.05, 3.63) is 36.5 Å². The van der Waals surface area contributed by atoms with Gasteiger partial charge < -0.3 is 28.2 Å². The van der Waals surface area contributed by atoms with Crippen LogP contribution in [0.15, 0.2) is 41.1 Å². The molecule has 0 bridgehead atoms. The second-order valence-electron chi connectivity index (χ2n) is 5.75. The molecule has 7 heteroatoms. The molecule has 0 unspecified atom stereocenters. The van der Waals surface area contributed by atoms with Gasteiger partial charge in [0.25, 0.3) is 0 Å². The summed E-state index contributed by atoms with van der Waals surface area (Å²) in [7, 11) is 6.22. The number of hydrogen-bond donors (Lipinski definition) is 0. The number of nitrogens with zero attached hydrogens (tertiary/aromatic N) is 1. The standard InChI is InChI=1S/C21H23NO6/c1-6-27-14-9-7-13(8-10-14)18-16(12-22-28-18)15-11-17(23-2)20(25-4)21(26-5)19(15)24-3/h7-12H,6H2,1-5H3. The number of hydrogen-bond acceptors (Lipinski definition) is 7. The van der Waals surface area contributed by atoms with E-state index in [0.717, 1.165) is 16.9 Å². The van der Waals surface area contributed by atoms with Gasteiger partial charge >= 0.3 is 0 Å². The first-order chi connectivity index (χ1) is 13.7. The summed E-state index contributed by atoms with van der Waals surface area (Å²) in [6.07, 6.45) is 1.63. The molecule has 0 aliphatic carbocycles. The molecule has 0 aliphatic rings. The summed E-state index contributed by atoms with van der Waals surface area (Å²) in [5, 5.41) is 3.99. The van der Waals surface area contributed by atoms with Crippen molar-refractivity contribution in [2.24, 2.45) is 0 Å². The molecule has 1 aromatic heterocycles. The van der Waals surface area contributed by atoms with Gasteiger partial charge in [-0.1, -0.05) is 5.16 Å². The van der Waals surface area contributed by atoms with Crippen LogP contribution in [0.1, 0.15) is 6.92 Å². The van der Waals surface area contributed by atoms with Crippen molar-refractivity contribution in [2.45, 2.75) is 6.92 Å². The molecule has 0 saturated heterocycles. The number of methoxy groups -OCH3 is 4. The molecule has 0 N–H and O–H groups in total. The van der Waals surface area contributed by atoms with Crippen LogP contribution in [0, 0.1) is 0 Å². The van der Waals surface area contributed by atoms with E-state index in [2.05, 4.69) is 5.16 Å². The minimum atomic E-state index is 0.429. The summed E-state index contributed by atoms with van der Waals surface area (Å²) >= 11 is 0. The minimum Gasteiger partial charge on any atom is -0.494 e. The van der Waals surface area contributed by atoms with Gasteiger partial charge in [-0.2, -0.15) is 0 Å². The summed E-state index contributed by atoms with van der Waals surface area (Å²) in [5.74, 6) is 3.26. The van der Waals surface area contributed by atoms with Gasteiger partial charge in [0.05, 0.1) is 46.8 Å². The van der Waals surface area contributed by atoms with E-state index in [1.807, 2.05) is 37.3 Å². The number of ether oxygens (including phenoxy) is 5. The van der Waals surface area contributed by atoms with Crippen LogP contribution in [0.4, 0.5) is 0 Å².